The maximum Gasteiger partial charge on any atom is 0.342 e. The molecule has 3 aromatic rings. The van der Waals surface area contributed by atoms with Gasteiger partial charge in [0.25, 0.3) is 0 Å². The zero-order valence-corrected chi connectivity index (χ0v) is 17.9. The molecule has 7 nitrogen and oxygen atoms in total. The fourth-order valence-corrected chi connectivity index (χ4v) is 3.38. The molecule has 1 aromatic heterocycles. The highest BCUT2D eigenvalue weighted by atomic mass is 127. The number of benzene rings is 2. The first-order valence-corrected chi connectivity index (χ1v) is 9.92. The minimum atomic E-state index is -1.04. The molecule has 0 radical (unpaired) electrons. The lowest BCUT2D eigenvalue weighted by atomic mass is 10.2. The summed E-state index contributed by atoms with van der Waals surface area (Å²) >= 11 is 3.17. The fraction of sp³-hybridized carbons (Fsp3) is 0.105. The zero-order chi connectivity index (χ0) is 20.1. The average molecular weight is 509 g/mol. The Bertz CT molecular complexity index is 996. The molecular formula is C19H16IN3O4S. The minimum absolute atomic E-state index is 0.120. The second kappa shape index (κ2) is 9.11. The molecule has 0 atom stereocenters. The minimum Gasteiger partial charge on any atom is -0.497 e. The van der Waals surface area contributed by atoms with E-state index in [1.54, 1.807) is 38.5 Å². The van der Waals surface area contributed by atoms with E-state index >= 15 is 0 Å². The number of halogens is 1. The lowest BCUT2D eigenvalue weighted by Gasteiger charge is -2.06. The molecule has 0 fully saturated rings. The molecular weight excluding hydrogens is 493 g/mol. The van der Waals surface area contributed by atoms with Crippen molar-refractivity contribution in [1.82, 2.24) is 15.2 Å². The lowest BCUT2D eigenvalue weighted by Crippen LogP contribution is -1.97. The molecule has 2 aromatic carbocycles. The van der Waals surface area contributed by atoms with Crippen LogP contribution in [0.1, 0.15) is 5.56 Å². The molecule has 2 N–H and O–H groups in total. The number of hydrogen-bond acceptors (Lipinski definition) is 6. The summed E-state index contributed by atoms with van der Waals surface area (Å²) in [7, 11) is 3.13. The van der Waals surface area contributed by atoms with E-state index in [9.17, 15) is 9.90 Å². The number of aromatic nitrogens is 3. The van der Waals surface area contributed by atoms with Crippen LogP contribution in [0.15, 0.2) is 52.5 Å². The number of aromatic amines is 1. The van der Waals surface area contributed by atoms with Crippen molar-refractivity contribution in [3.63, 3.8) is 0 Å². The van der Waals surface area contributed by atoms with Gasteiger partial charge in [0.2, 0.25) is 5.16 Å². The molecule has 9 heteroatoms. The number of carbonyl (C=O) groups is 1. The van der Waals surface area contributed by atoms with Gasteiger partial charge in [0, 0.05) is 15.2 Å². The molecule has 0 aliphatic rings. The van der Waals surface area contributed by atoms with E-state index < -0.39 is 5.97 Å². The van der Waals surface area contributed by atoms with Crippen molar-refractivity contribution in [2.24, 2.45) is 0 Å². The van der Waals surface area contributed by atoms with E-state index in [4.69, 9.17) is 9.47 Å². The van der Waals surface area contributed by atoms with Crippen molar-refractivity contribution < 1.29 is 19.4 Å². The monoisotopic (exact) mass is 509 g/mol. The number of hydrogen-bond donors (Lipinski definition) is 2. The van der Waals surface area contributed by atoms with Crippen LogP contribution in [-0.2, 0) is 4.79 Å². The second-order valence-electron chi connectivity index (χ2n) is 5.54. The number of carboxylic acid groups (broad SMARTS) is 1. The van der Waals surface area contributed by atoms with Gasteiger partial charge in [-0.2, -0.15) is 0 Å². The van der Waals surface area contributed by atoms with Crippen LogP contribution < -0.4 is 9.47 Å². The van der Waals surface area contributed by atoms with E-state index in [0.29, 0.717) is 28.0 Å². The summed E-state index contributed by atoms with van der Waals surface area (Å²) in [6, 6.07) is 12.9. The highest BCUT2D eigenvalue weighted by molar-refractivity contribution is 14.1. The largest absolute Gasteiger partial charge is 0.497 e. The van der Waals surface area contributed by atoms with E-state index in [0.717, 1.165) is 20.9 Å². The fourth-order valence-electron chi connectivity index (χ4n) is 2.31. The van der Waals surface area contributed by atoms with Gasteiger partial charge in [-0.15, -0.1) is 5.10 Å². The van der Waals surface area contributed by atoms with Crippen molar-refractivity contribution >= 4 is 46.4 Å². The lowest BCUT2D eigenvalue weighted by molar-refractivity contribution is -0.131. The highest BCUT2D eigenvalue weighted by Crippen LogP contribution is 2.31. The first kappa shape index (κ1) is 20.2. The number of rotatable bonds is 7. The van der Waals surface area contributed by atoms with Crippen LogP contribution in [0.4, 0.5) is 0 Å². The van der Waals surface area contributed by atoms with Crippen LogP contribution in [0.25, 0.3) is 17.5 Å². The Kier molecular flexibility index (Phi) is 6.57. The number of ether oxygens (including phenoxy) is 2. The maximum absolute atomic E-state index is 11.6. The Morgan fingerprint density at radius 2 is 1.79 bits per heavy atom. The van der Waals surface area contributed by atoms with Gasteiger partial charge in [0.1, 0.15) is 16.4 Å². The summed E-state index contributed by atoms with van der Waals surface area (Å²) in [6.45, 7) is 0. The predicted octanol–water partition coefficient (Wildman–Crippen LogP) is 4.31. The van der Waals surface area contributed by atoms with Gasteiger partial charge in [-0.3, -0.25) is 5.10 Å². The summed E-state index contributed by atoms with van der Waals surface area (Å²) in [5.74, 6) is 0.672. The number of nitrogens with zero attached hydrogens (tertiary/aromatic N) is 2. The third-order valence-corrected chi connectivity index (χ3v) is 5.27. The topological polar surface area (TPSA) is 97.3 Å². The SMILES string of the molecule is COc1cc(OC)cc(-c2nc(S/C(=C\c3ccc(I)cc3)C(=O)O)n[nH]2)c1. The van der Waals surface area contributed by atoms with Gasteiger partial charge in [-0.05, 0) is 70.3 Å². The van der Waals surface area contributed by atoms with Crippen molar-refractivity contribution in [2.75, 3.05) is 14.2 Å². The van der Waals surface area contributed by atoms with Crippen LogP contribution >= 0.6 is 34.4 Å². The van der Waals surface area contributed by atoms with E-state index in [1.165, 1.54) is 0 Å². The van der Waals surface area contributed by atoms with Gasteiger partial charge in [-0.1, -0.05) is 12.1 Å². The van der Waals surface area contributed by atoms with Crippen LogP contribution in [0.5, 0.6) is 11.5 Å². The molecule has 0 aliphatic heterocycles. The molecule has 144 valence electrons. The number of aliphatic carboxylic acids is 1. The third kappa shape index (κ3) is 5.04. The highest BCUT2D eigenvalue weighted by Gasteiger charge is 2.15. The van der Waals surface area contributed by atoms with E-state index in [1.807, 2.05) is 24.3 Å². The summed E-state index contributed by atoms with van der Waals surface area (Å²) in [5, 5.41) is 16.8. The Hall–Kier alpha value is -2.53. The molecule has 1 heterocycles. The Balaban J connectivity index is 1.86. The molecule has 3 rings (SSSR count). The van der Waals surface area contributed by atoms with Gasteiger partial charge in [-0.25, -0.2) is 9.78 Å². The summed E-state index contributed by atoms with van der Waals surface area (Å²) in [5.41, 5.74) is 1.51. The number of nitrogens with one attached hydrogen (secondary N) is 1. The van der Waals surface area contributed by atoms with E-state index in [2.05, 4.69) is 37.8 Å². The Morgan fingerprint density at radius 1 is 1.14 bits per heavy atom. The zero-order valence-electron chi connectivity index (χ0n) is 15.0. The van der Waals surface area contributed by atoms with Crippen molar-refractivity contribution in [1.29, 1.82) is 0 Å². The van der Waals surface area contributed by atoms with Crippen LogP contribution in [0.2, 0.25) is 0 Å². The smallest absolute Gasteiger partial charge is 0.342 e. The van der Waals surface area contributed by atoms with Crippen molar-refractivity contribution in [2.45, 2.75) is 5.16 Å². The third-order valence-electron chi connectivity index (χ3n) is 3.67. The summed E-state index contributed by atoms with van der Waals surface area (Å²) in [6.07, 6.45) is 1.59. The summed E-state index contributed by atoms with van der Waals surface area (Å²) in [4.78, 5) is 16.1. The first-order chi connectivity index (χ1) is 13.5. The number of H-pyrrole nitrogens is 1. The normalized spacial score (nSPS) is 11.3. The first-order valence-electron chi connectivity index (χ1n) is 8.02. The second-order valence-corrected chi connectivity index (χ2v) is 7.79. The Labute approximate surface area is 179 Å². The summed E-state index contributed by atoms with van der Waals surface area (Å²) < 4.78 is 11.6. The van der Waals surface area contributed by atoms with Crippen LogP contribution in [0.3, 0.4) is 0 Å². The molecule has 0 saturated carbocycles. The number of methoxy groups -OCH3 is 2. The van der Waals surface area contributed by atoms with Crippen molar-refractivity contribution in [3.8, 4) is 22.9 Å². The Morgan fingerprint density at radius 3 is 2.36 bits per heavy atom. The number of thioether (sulfide) groups is 1. The number of carboxylic acids is 1. The van der Waals surface area contributed by atoms with Crippen molar-refractivity contribution in [3.05, 3.63) is 56.5 Å². The molecule has 0 aliphatic carbocycles. The molecule has 0 spiro atoms. The van der Waals surface area contributed by atoms with E-state index in [-0.39, 0.29) is 4.91 Å². The molecule has 0 unspecified atom stereocenters. The van der Waals surface area contributed by atoms with Gasteiger partial charge in [0.15, 0.2) is 5.82 Å². The standard InChI is InChI=1S/C19H16IN3O4S/c1-26-14-8-12(9-15(10-14)27-2)17-21-19(23-22-17)28-16(18(24)25)7-11-3-5-13(20)6-4-11/h3-10H,1-2H3,(H,24,25)(H,21,22,23)/b16-7-. The maximum atomic E-state index is 11.6. The molecule has 0 bridgehead atoms. The van der Waals surface area contributed by atoms with Gasteiger partial charge < -0.3 is 14.6 Å². The average Bonchev–Trinajstić information content (AvgIpc) is 3.17. The molecule has 28 heavy (non-hydrogen) atoms. The predicted molar refractivity (Wildman–Crippen MR) is 116 cm³/mol. The van der Waals surface area contributed by atoms with Gasteiger partial charge in [0.05, 0.1) is 14.2 Å². The quantitative estimate of drug-likeness (QED) is 0.278. The molecule has 0 saturated heterocycles. The molecule has 0 amide bonds. The van der Waals surface area contributed by atoms with Crippen LogP contribution in [-0.4, -0.2) is 40.5 Å². The van der Waals surface area contributed by atoms with Gasteiger partial charge >= 0.3 is 5.97 Å². The van der Waals surface area contributed by atoms with Crippen LogP contribution in [0, 0.1) is 3.57 Å².